The van der Waals surface area contributed by atoms with Gasteiger partial charge >= 0.3 is 6.09 Å². The number of carbonyl (C=O) groups is 1. The summed E-state index contributed by atoms with van der Waals surface area (Å²) >= 11 is 0. The van der Waals surface area contributed by atoms with Gasteiger partial charge < -0.3 is 20.1 Å². The van der Waals surface area contributed by atoms with Crippen molar-refractivity contribution in [3.05, 3.63) is 29.3 Å². The molecular formula is C17H28N2O3. The lowest BCUT2D eigenvalue weighted by molar-refractivity contribution is 0.0527. The molecule has 5 nitrogen and oxygen atoms in total. The van der Waals surface area contributed by atoms with Crippen LogP contribution >= 0.6 is 0 Å². The first-order valence-corrected chi connectivity index (χ1v) is 7.63. The zero-order chi connectivity index (χ0) is 16.6. The highest BCUT2D eigenvalue weighted by molar-refractivity contribution is 5.67. The van der Waals surface area contributed by atoms with Gasteiger partial charge in [0.1, 0.15) is 11.4 Å². The molecule has 0 saturated heterocycles. The van der Waals surface area contributed by atoms with Crippen molar-refractivity contribution in [3.8, 4) is 5.75 Å². The average Bonchev–Trinajstić information content (AvgIpc) is 2.41. The van der Waals surface area contributed by atoms with Crippen molar-refractivity contribution >= 4 is 6.09 Å². The number of ether oxygens (including phenoxy) is 2. The molecule has 0 unspecified atom stereocenters. The van der Waals surface area contributed by atoms with Crippen molar-refractivity contribution in [1.82, 2.24) is 10.6 Å². The Morgan fingerprint density at radius 1 is 1.23 bits per heavy atom. The predicted molar refractivity (Wildman–Crippen MR) is 88.3 cm³/mol. The van der Waals surface area contributed by atoms with Crippen molar-refractivity contribution in [1.29, 1.82) is 0 Å². The summed E-state index contributed by atoms with van der Waals surface area (Å²) in [6.07, 6.45) is 0.493. The second-order valence-corrected chi connectivity index (χ2v) is 6.26. The Bertz CT molecular complexity index is 481. The van der Waals surface area contributed by atoms with Crippen molar-refractivity contribution in [2.24, 2.45) is 0 Å². The molecule has 0 atom stereocenters. The smallest absolute Gasteiger partial charge is 0.407 e. The molecule has 0 bridgehead atoms. The molecule has 0 saturated carbocycles. The molecule has 0 aliphatic rings. The molecule has 0 fully saturated rings. The average molecular weight is 308 g/mol. The largest absolute Gasteiger partial charge is 0.496 e. The lowest BCUT2D eigenvalue weighted by atomic mass is 10.1. The van der Waals surface area contributed by atoms with E-state index in [1.165, 1.54) is 5.56 Å². The highest BCUT2D eigenvalue weighted by Gasteiger charge is 2.15. The normalized spacial score (nSPS) is 11.1. The molecule has 22 heavy (non-hydrogen) atoms. The van der Waals surface area contributed by atoms with Crippen LogP contribution in [0.15, 0.2) is 18.2 Å². The first-order chi connectivity index (χ1) is 10.3. The molecule has 2 N–H and O–H groups in total. The van der Waals surface area contributed by atoms with Crippen LogP contribution in [0.4, 0.5) is 4.79 Å². The van der Waals surface area contributed by atoms with E-state index < -0.39 is 5.60 Å². The quantitative estimate of drug-likeness (QED) is 0.760. The molecular weight excluding hydrogens is 280 g/mol. The van der Waals surface area contributed by atoms with Gasteiger partial charge in [-0.1, -0.05) is 12.1 Å². The van der Waals surface area contributed by atoms with Crippen LogP contribution in [-0.4, -0.2) is 31.9 Å². The molecule has 0 heterocycles. The molecule has 0 aliphatic heterocycles. The van der Waals surface area contributed by atoms with Gasteiger partial charge in [0, 0.05) is 13.1 Å². The van der Waals surface area contributed by atoms with E-state index in [-0.39, 0.29) is 6.09 Å². The predicted octanol–water partition coefficient (Wildman–Crippen LogP) is 3.01. The van der Waals surface area contributed by atoms with E-state index in [0.29, 0.717) is 6.54 Å². The van der Waals surface area contributed by atoms with E-state index in [9.17, 15) is 4.79 Å². The number of amides is 1. The summed E-state index contributed by atoms with van der Waals surface area (Å²) in [6, 6.07) is 6.15. The molecule has 1 aromatic carbocycles. The Morgan fingerprint density at radius 2 is 1.95 bits per heavy atom. The van der Waals surface area contributed by atoms with Gasteiger partial charge in [0.2, 0.25) is 0 Å². The van der Waals surface area contributed by atoms with Crippen LogP contribution in [0.25, 0.3) is 0 Å². The molecule has 124 valence electrons. The maximum Gasteiger partial charge on any atom is 0.407 e. The third kappa shape index (κ3) is 7.31. The van der Waals surface area contributed by atoms with Gasteiger partial charge in [-0.15, -0.1) is 0 Å². The van der Waals surface area contributed by atoms with E-state index in [0.717, 1.165) is 30.8 Å². The number of rotatable bonds is 7. The van der Waals surface area contributed by atoms with Gasteiger partial charge in [0.25, 0.3) is 0 Å². The zero-order valence-electron chi connectivity index (χ0n) is 14.3. The molecule has 0 spiro atoms. The highest BCUT2D eigenvalue weighted by atomic mass is 16.6. The van der Waals surface area contributed by atoms with E-state index in [1.807, 2.05) is 33.8 Å². The summed E-state index contributed by atoms with van der Waals surface area (Å²) < 4.78 is 10.4. The summed E-state index contributed by atoms with van der Waals surface area (Å²) in [4.78, 5) is 11.4. The van der Waals surface area contributed by atoms with Gasteiger partial charge in [-0.25, -0.2) is 4.79 Å². The van der Waals surface area contributed by atoms with Gasteiger partial charge in [0.15, 0.2) is 0 Å². The van der Waals surface area contributed by atoms with Crippen LogP contribution in [0, 0.1) is 6.92 Å². The Kier molecular flexibility index (Phi) is 7.18. The van der Waals surface area contributed by atoms with Crippen LogP contribution in [0.3, 0.4) is 0 Å². The van der Waals surface area contributed by atoms with Crippen LogP contribution in [0.5, 0.6) is 5.75 Å². The third-order valence-electron chi connectivity index (χ3n) is 2.99. The summed E-state index contributed by atoms with van der Waals surface area (Å²) in [5.41, 5.74) is 1.90. The first-order valence-electron chi connectivity index (χ1n) is 7.63. The minimum absolute atomic E-state index is 0.363. The molecule has 1 rings (SSSR count). The van der Waals surface area contributed by atoms with Gasteiger partial charge in [0.05, 0.1) is 7.11 Å². The number of hydrogen-bond acceptors (Lipinski definition) is 4. The summed E-state index contributed by atoms with van der Waals surface area (Å²) in [5.74, 6) is 0.908. The van der Waals surface area contributed by atoms with E-state index in [1.54, 1.807) is 7.11 Å². The number of carbonyl (C=O) groups excluding carboxylic acids is 1. The molecule has 0 aliphatic carbocycles. The molecule has 1 amide bonds. The maximum atomic E-state index is 11.4. The number of methoxy groups -OCH3 is 1. The topological polar surface area (TPSA) is 59.6 Å². The van der Waals surface area contributed by atoms with Crippen LogP contribution in [0.2, 0.25) is 0 Å². The molecule has 0 aromatic heterocycles. The Balaban J connectivity index is 2.16. The Morgan fingerprint density at radius 3 is 2.55 bits per heavy atom. The van der Waals surface area contributed by atoms with Gasteiger partial charge in [-0.05, 0) is 57.9 Å². The molecule has 0 radical (unpaired) electrons. The van der Waals surface area contributed by atoms with Crippen LogP contribution in [-0.2, 0) is 11.3 Å². The number of aryl methyl sites for hydroxylation is 1. The Labute approximate surface area is 133 Å². The van der Waals surface area contributed by atoms with Gasteiger partial charge in [-0.2, -0.15) is 0 Å². The van der Waals surface area contributed by atoms with Crippen molar-refractivity contribution in [3.63, 3.8) is 0 Å². The minimum atomic E-state index is -0.450. The van der Waals surface area contributed by atoms with Gasteiger partial charge in [-0.3, -0.25) is 0 Å². The van der Waals surface area contributed by atoms with E-state index in [4.69, 9.17) is 9.47 Å². The fourth-order valence-electron chi connectivity index (χ4n) is 2.00. The fourth-order valence-corrected chi connectivity index (χ4v) is 2.00. The van der Waals surface area contributed by atoms with Crippen LogP contribution < -0.4 is 15.4 Å². The number of hydrogen-bond donors (Lipinski definition) is 2. The van der Waals surface area contributed by atoms with E-state index in [2.05, 4.69) is 22.8 Å². The maximum absolute atomic E-state index is 11.4. The second kappa shape index (κ2) is 8.63. The fraction of sp³-hybridized carbons (Fsp3) is 0.588. The van der Waals surface area contributed by atoms with Crippen LogP contribution in [0.1, 0.15) is 38.3 Å². The third-order valence-corrected chi connectivity index (χ3v) is 2.99. The summed E-state index contributed by atoms with van der Waals surface area (Å²) in [7, 11) is 1.68. The van der Waals surface area contributed by atoms with E-state index >= 15 is 0 Å². The monoisotopic (exact) mass is 308 g/mol. The SMILES string of the molecule is COc1ccc(CNCCCNC(=O)OC(C)(C)C)cc1C. The highest BCUT2D eigenvalue weighted by Crippen LogP contribution is 2.18. The lowest BCUT2D eigenvalue weighted by Crippen LogP contribution is -2.33. The summed E-state index contributed by atoms with van der Waals surface area (Å²) in [5, 5.41) is 6.10. The van der Waals surface area contributed by atoms with Crippen molar-refractivity contribution in [2.75, 3.05) is 20.2 Å². The standard InChI is InChI=1S/C17H28N2O3/c1-13-11-14(7-8-15(13)21-5)12-18-9-6-10-19-16(20)22-17(2,3)4/h7-8,11,18H,6,9-10,12H2,1-5H3,(H,19,20). The van der Waals surface area contributed by atoms with Crippen molar-refractivity contribution < 1.29 is 14.3 Å². The Hall–Kier alpha value is -1.75. The first kappa shape index (κ1) is 18.3. The number of benzene rings is 1. The zero-order valence-corrected chi connectivity index (χ0v) is 14.3. The summed E-state index contributed by atoms with van der Waals surface area (Å²) in [6.45, 7) is 9.83. The number of nitrogens with one attached hydrogen (secondary N) is 2. The lowest BCUT2D eigenvalue weighted by Gasteiger charge is -2.19. The molecule has 1 aromatic rings. The second-order valence-electron chi connectivity index (χ2n) is 6.26. The van der Waals surface area contributed by atoms with Crippen molar-refractivity contribution in [2.45, 2.75) is 46.3 Å². The molecule has 5 heteroatoms. The minimum Gasteiger partial charge on any atom is -0.496 e. The number of alkyl carbamates (subject to hydrolysis) is 1.